The summed E-state index contributed by atoms with van der Waals surface area (Å²) in [6.45, 7) is 4.09. The molecule has 0 aliphatic heterocycles. The molecule has 5 heteroatoms. The van der Waals surface area contributed by atoms with Crippen molar-refractivity contribution in [3.05, 3.63) is 47.0 Å². The maximum atomic E-state index is 12.0. The minimum Gasteiger partial charge on any atom is -0.507 e. The maximum absolute atomic E-state index is 12.0. The van der Waals surface area contributed by atoms with Crippen molar-refractivity contribution in [3.63, 3.8) is 0 Å². The van der Waals surface area contributed by atoms with Crippen LogP contribution in [0.25, 0.3) is 0 Å². The number of ketones is 2. The van der Waals surface area contributed by atoms with Gasteiger partial charge in [-0.2, -0.15) is 0 Å². The van der Waals surface area contributed by atoms with Crippen molar-refractivity contribution in [1.29, 1.82) is 0 Å². The standard InChI is InChI=1S/C14H16O5/c1-4-5-6-7-9(15)10-11(16)8(2)12(17)14(3,19)13(10)18/h4-7,15-16,19H,1-3H3/b5-4+,7-6+,10-9?/t14-/m0/s1. The van der Waals surface area contributed by atoms with E-state index in [0.29, 0.717) is 0 Å². The van der Waals surface area contributed by atoms with Crippen LogP contribution in [-0.4, -0.2) is 32.5 Å². The summed E-state index contributed by atoms with van der Waals surface area (Å²) in [5.41, 5.74) is -2.89. The summed E-state index contributed by atoms with van der Waals surface area (Å²) >= 11 is 0. The molecule has 0 unspecified atom stereocenters. The van der Waals surface area contributed by atoms with Crippen LogP contribution in [0, 0.1) is 0 Å². The van der Waals surface area contributed by atoms with Gasteiger partial charge in [0.2, 0.25) is 11.6 Å². The summed E-state index contributed by atoms with van der Waals surface area (Å²) < 4.78 is 0. The minimum absolute atomic E-state index is 0.161. The Balaban J connectivity index is 3.46. The molecule has 1 atom stereocenters. The second kappa shape index (κ2) is 5.24. The topological polar surface area (TPSA) is 94.8 Å². The van der Waals surface area contributed by atoms with Gasteiger partial charge in [0.25, 0.3) is 0 Å². The van der Waals surface area contributed by atoms with Crippen LogP contribution in [0.5, 0.6) is 0 Å². The van der Waals surface area contributed by atoms with E-state index in [1.165, 1.54) is 19.1 Å². The molecule has 1 rings (SSSR count). The monoisotopic (exact) mass is 264 g/mol. The molecular weight excluding hydrogens is 248 g/mol. The summed E-state index contributed by atoms with van der Waals surface area (Å²) in [6.07, 6.45) is 5.98. The lowest BCUT2D eigenvalue weighted by Gasteiger charge is -2.27. The Morgan fingerprint density at radius 2 is 1.79 bits per heavy atom. The second-order valence-corrected chi connectivity index (χ2v) is 4.35. The zero-order valence-electron chi connectivity index (χ0n) is 11.0. The molecule has 102 valence electrons. The fourth-order valence-corrected chi connectivity index (χ4v) is 1.69. The average molecular weight is 264 g/mol. The van der Waals surface area contributed by atoms with Gasteiger partial charge in [-0.25, -0.2) is 0 Å². The maximum Gasteiger partial charge on any atom is 0.209 e. The van der Waals surface area contributed by atoms with E-state index < -0.39 is 34.3 Å². The first kappa shape index (κ1) is 14.9. The molecule has 1 aliphatic rings. The van der Waals surface area contributed by atoms with Gasteiger partial charge in [0.1, 0.15) is 17.1 Å². The van der Waals surface area contributed by atoms with E-state index >= 15 is 0 Å². The molecular formula is C14H16O5. The van der Waals surface area contributed by atoms with Crippen LogP contribution in [0.3, 0.4) is 0 Å². The summed E-state index contributed by atoms with van der Waals surface area (Å²) in [5, 5.41) is 29.5. The van der Waals surface area contributed by atoms with E-state index in [1.54, 1.807) is 19.1 Å². The third-order valence-corrected chi connectivity index (χ3v) is 2.86. The highest BCUT2D eigenvalue weighted by Gasteiger charge is 2.48. The Bertz CT molecular complexity index is 544. The van der Waals surface area contributed by atoms with Gasteiger partial charge < -0.3 is 15.3 Å². The highest BCUT2D eigenvalue weighted by atomic mass is 16.3. The third-order valence-electron chi connectivity index (χ3n) is 2.86. The number of aliphatic hydroxyl groups excluding tert-OH is 2. The number of aliphatic hydroxyl groups is 3. The first-order valence-corrected chi connectivity index (χ1v) is 5.70. The molecule has 19 heavy (non-hydrogen) atoms. The molecule has 0 aromatic heterocycles. The quantitative estimate of drug-likeness (QED) is 0.305. The van der Waals surface area contributed by atoms with E-state index in [0.717, 1.165) is 6.92 Å². The Kier molecular flexibility index (Phi) is 4.11. The number of hydrogen-bond acceptors (Lipinski definition) is 5. The molecule has 0 bridgehead atoms. The van der Waals surface area contributed by atoms with Crippen LogP contribution >= 0.6 is 0 Å². The number of rotatable bonds is 2. The van der Waals surface area contributed by atoms with Crippen molar-refractivity contribution in [2.24, 2.45) is 0 Å². The van der Waals surface area contributed by atoms with Crippen molar-refractivity contribution in [1.82, 2.24) is 0 Å². The summed E-state index contributed by atoms with van der Waals surface area (Å²) in [4.78, 5) is 23.6. The predicted molar refractivity (Wildman–Crippen MR) is 69.6 cm³/mol. The number of carbonyl (C=O) groups excluding carboxylic acids is 2. The lowest BCUT2D eigenvalue weighted by atomic mass is 9.79. The second-order valence-electron chi connectivity index (χ2n) is 4.35. The van der Waals surface area contributed by atoms with Gasteiger partial charge in [-0.05, 0) is 26.8 Å². The lowest BCUT2D eigenvalue weighted by Crippen LogP contribution is -2.48. The molecule has 0 radical (unpaired) electrons. The van der Waals surface area contributed by atoms with Crippen molar-refractivity contribution < 1.29 is 24.9 Å². The van der Waals surface area contributed by atoms with Crippen molar-refractivity contribution in [3.8, 4) is 0 Å². The van der Waals surface area contributed by atoms with Gasteiger partial charge in [-0.1, -0.05) is 18.2 Å². The van der Waals surface area contributed by atoms with E-state index in [2.05, 4.69) is 0 Å². The Morgan fingerprint density at radius 1 is 1.21 bits per heavy atom. The third kappa shape index (κ3) is 2.51. The smallest absolute Gasteiger partial charge is 0.209 e. The lowest BCUT2D eigenvalue weighted by molar-refractivity contribution is -0.145. The van der Waals surface area contributed by atoms with E-state index in [4.69, 9.17) is 0 Å². The van der Waals surface area contributed by atoms with Crippen molar-refractivity contribution in [2.45, 2.75) is 26.4 Å². The van der Waals surface area contributed by atoms with Crippen LogP contribution in [-0.2, 0) is 9.59 Å². The number of carbonyl (C=O) groups is 2. The normalized spacial score (nSPS) is 27.8. The molecule has 0 heterocycles. The average Bonchev–Trinajstić information content (AvgIpc) is 2.35. The van der Waals surface area contributed by atoms with Gasteiger partial charge in [0, 0.05) is 5.57 Å². The first-order chi connectivity index (χ1) is 8.75. The van der Waals surface area contributed by atoms with Gasteiger partial charge in [0.05, 0.1) is 0 Å². The first-order valence-electron chi connectivity index (χ1n) is 5.70. The predicted octanol–water partition coefficient (Wildman–Crippen LogP) is 1.67. The van der Waals surface area contributed by atoms with Gasteiger partial charge in [-0.3, -0.25) is 9.59 Å². The zero-order chi connectivity index (χ0) is 14.8. The molecule has 1 aliphatic carbocycles. The highest BCUT2D eigenvalue weighted by molar-refractivity contribution is 6.26. The molecule has 0 saturated heterocycles. The molecule has 0 fully saturated rings. The SMILES string of the molecule is C/C=C/C=C/C(O)=C1C(=O)[C@@](C)(O)C(=O)C(C)=C1O. The highest BCUT2D eigenvalue weighted by Crippen LogP contribution is 2.31. The minimum atomic E-state index is -2.27. The van der Waals surface area contributed by atoms with E-state index in [9.17, 15) is 24.9 Å². The Labute approximate surface area is 110 Å². The van der Waals surface area contributed by atoms with Gasteiger partial charge in [-0.15, -0.1) is 0 Å². The molecule has 0 saturated carbocycles. The molecule has 0 aromatic rings. The Morgan fingerprint density at radius 3 is 2.32 bits per heavy atom. The largest absolute Gasteiger partial charge is 0.507 e. The molecule has 0 aromatic carbocycles. The van der Waals surface area contributed by atoms with E-state index in [1.807, 2.05) is 0 Å². The van der Waals surface area contributed by atoms with Crippen molar-refractivity contribution >= 4 is 11.6 Å². The molecule has 0 spiro atoms. The van der Waals surface area contributed by atoms with E-state index in [-0.39, 0.29) is 5.57 Å². The van der Waals surface area contributed by atoms with Gasteiger partial charge >= 0.3 is 0 Å². The van der Waals surface area contributed by atoms with Gasteiger partial charge in [0.15, 0.2) is 5.60 Å². The van der Waals surface area contributed by atoms with Crippen molar-refractivity contribution in [2.75, 3.05) is 0 Å². The summed E-state index contributed by atoms with van der Waals surface area (Å²) in [7, 11) is 0. The Hall–Kier alpha value is -2.14. The summed E-state index contributed by atoms with van der Waals surface area (Å²) in [5.74, 6) is -3.01. The number of hydrogen-bond donors (Lipinski definition) is 3. The fourth-order valence-electron chi connectivity index (χ4n) is 1.69. The van der Waals surface area contributed by atoms with Crippen LogP contribution < -0.4 is 0 Å². The molecule has 3 N–H and O–H groups in total. The fraction of sp³-hybridized carbons (Fsp3) is 0.286. The number of Topliss-reactive ketones (excluding diaryl/α,β-unsaturated/α-hetero) is 2. The van der Waals surface area contributed by atoms with Crippen LogP contribution in [0.2, 0.25) is 0 Å². The zero-order valence-corrected chi connectivity index (χ0v) is 11.0. The summed E-state index contributed by atoms with van der Waals surface area (Å²) in [6, 6.07) is 0. The number of allylic oxidation sites excluding steroid dienone is 5. The van der Waals surface area contributed by atoms with Crippen LogP contribution in [0.1, 0.15) is 20.8 Å². The van der Waals surface area contributed by atoms with Crippen LogP contribution in [0.4, 0.5) is 0 Å². The van der Waals surface area contributed by atoms with Crippen LogP contribution in [0.15, 0.2) is 47.0 Å². The molecule has 5 nitrogen and oxygen atoms in total. The molecule has 0 amide bonds.